The van der Waals surface area contributed by atoms with Crippen LogP contribution in [0.3, 0.4) is 0 Å². The van der Waals surface area contributed by atoms with Crippen LogP contribution in [0.5, 0.6) is 0 Å². The molecule has 0 radical (unpaired) electrons. The summed E-state index contributed by atoms with van der Waals surface area (Å²) in [5.74, 6) is -0.244. The molecule has 31 heavy (non-hydrogen) atoms. The molecule has 1 atom stereocenters. The van der Waals surface area contributed by atoms with E-state index in [2.05, 4.69) is 50.4 Å². The summed E-state index contributed by atoms with van der Waals surface area (Å²) in [6.45, 7) is 8.73. The number of amides is 2. The van der Waals surface area contributed by atoms with Gasteiger partial charge in [0.25, 0.3) is 0 Å². The summed E-state index contributed by atoms with van der Waals surface area (Å²) < 4.78 is 0. The molecular weight excluding hydrogens is 431 g/mol. The number of hydrogen-bond acceptors (Lipinski definition) is 2. The van der Waals surface area contributed by atoms with Crippen LogP contribution in [-0.4, -0.2) is 29.8 Å². The number of nitrogens with one attached hydrogen (secondary N) is 1. The Morgan fingerprint density at radius 3 is 2.13 bits per heavy atom. The minimum atomic E-state index is -0.546. The van der Waals surface area contributed by atoms with Gasteiger partial charge in [0.2, 0.25) is 11.8 Å². The fraction of sp³-hybridized carbons (Fsp3) is 0.440. The maximum atomic E-state index is 13.2. The van der Waals surface area contributed by atoms with Crippen molar-refractivity contribution in [1.82, 2.24) is 10.2 Å². The Morgan fingerprint density at radius 2 is 1.61 bits per heavy atom. The fourth-order valence-corrected chi connectivity index (χ4v) is 3.81. The first kappa shape index (κ1) is 25.2. The maximum absolute atomic E-state index is 13.2. The second-order valence-corrected chi connectivity index (χ2v) is 9.57. The van der Waals surface area contributed by atoms with E-state index in [1.54, 1.807) is 24.1 Å². The molecule has 0 bridgehead atoms. The van der Waals surface area contributed by atoms with E-state index in [0.717, 1.165) is 11.1 Å². The zero-order valence-corrected chi connectivity index (χ0v) is 20.5. The normalized spacial score (nSPS) is 12.4. The second-order valence-electron chi connectivity index (χ2n) is 8.76. The number of rotatable bonds is 8. The number of benzene rings is 2. The van der Waals surface area contributed by atoms with Gasteiger partial charge in [-0.15, -0.1) is 0 Å². The topological polar surface area (TPSA) is 49.4 Å². The Labute approximate surface area is 195 Å². The van der Waals surface area contributed by atoms with E-state index in [9.17, 15) is 9.59 Å². The molecule has 2 amide bonds. The molecule has 0 unspecified atom stereocenters. The van der Waals surface area contributed by atoms with Crippen LogP contribution in [0, 0.1) is 0 Å². The quantitative estimate of drug-likeness (QED) is 0.540. The van der Waals surface area contributed by atoms with Crippen molar-refractivity contribution in [2.45, 2.75) is 65.0 Å². The van der Waals surface area contributed by atoms with Gasteiger partial charge in [-0.3, -0.25) is 9.59 Å². The van der Waals surface area contributed by atoms with Crippen molar-refractivity contribution in [2.75, 3.05) is 7.05 Å². The molecule has 168 valence electrons. The summed E-state index contributed by atoms with van der Waals surface area (Å²) in [5, 5.41) is 3.56. The molecule has 0 aliphatic heterocycles. The molecule has 0 fully saturated rings. The number of nitrogens with zero attached hydrogens (tertiary/aromatic N) is 1. The molecule has 2 aromatic rings. The van der Waals surface area contributed by atoms with Gasteiger partial charge in [-0.25, -0.2) is 0 Å². The molecule has 0 spiro atoms. The molecule has 0 aliphatic rings. The van der Waals surface area contributed by atoms with E-state index in [4.69, 9.17) is 23.2 Å². The lowest BCUT2D eigenvalue weighted by Crippen LogP contribution is -2.48. The lowest BCUT2D eigenvalue weighted by atomic mass is 9.86. The molecule has 0 saturated carbocycles. The van der Waals surface area contributed by atoms with Crippen molar-refractivity contribution in [2.24, 2.45) is 0 Å². The van der Waals surface area contributed by atoms with Crippen molar-refractivity contribution in [3.63, 3.8) is 0 Å². The molecule has 0 aliphatic carbocycles. The van der Waals surface area contributed by atoms with E-state index in [-0.39, 0.29) is 17.2 Å². The van der Waals surface area contributed by atoms with Gasteiger partial charge in [0.1, 0.15) is 6.04 Å². The number of aryl methyl sites for hydroxylation is 1. The van der Waals surface area contributed by atoms with Crippen LogP contribution < -0.4 is 5.32 Å². The lowest BCUT2D eigenvalue weighted by molar-refractivity contribution is -0.141. The van der Waals surface area contributed by atoms with Crippen LogP contribution in [0.15, 0.2) is 42.5 Å². The van der Waals surface area contributed by atoms with Gasteiger partial charge >= 0.3 is 0 Å². The molecular formula is C25H32Cl2N2O2. The van der Waals surface area contributed by atoms with Crippen molar-refractivity contribution < 1.29 is 9.59 Å². The van der Waals surface area contributed by atoms with Crippen LogP contribution in [0.25, 0.3) is 0 Å². The molecule has 0 heterocycles. The number of halogens is 2. The van der Waals surface area contributed by atoms with Crippen molar-refractivity contribution in [3.8, 4) is 0 Å². The van der Waals surface area contributed by atoms with Crippen LogP contribution in [-0.2, 0) is 28.0 Å². The van der Waals surface area contributed by atoms with Crippen molar-refractivity contribution >= 4 is 35.0 Å². The predicted octanol–water partition coefficient (Wildman–Crippen LogP) is 5.78. The Kier molecular flexibility index (Phi) is 8.96. The zero-order valence-electron chi connectivity index (χ0n) is 19.0. The minimum Gasteiger partial charge on any atom is -0.357 e. The summed E-state index contributed by atoms with van der Waals surface area (Å²) in [6.07, 6.45) is 1.46. The maximum Gasteiger partial charge on any atom is 0.242 e. The van der Waals surface area contributed by atoms with E-state index >= 15 is 0 Å². The van der Waals surface area contributed by atoms with Gasteiger partial charge in [0.05, 0.1) is 10.0 Å². The molecule has 4 nitrogen and oxygen atoms in total. The summed E-state index contributed by atoms with van der Waals surface area (Å²) in [7, 11) is 1.59. The van der Waals surface area contributed by atoms with Gasteiger partial charge in [0.15, 0.2) is 0 Å². The number of likely N-dealkylation sites (N-methyl/N-ethyl adjacent to an activating group) is 1. The van der Waals surface area contributed by atoms with Gasteiger partial charge in [-0.2, -0.15) is 0 Å². The Morgan fingerprint density at radius 1 is 1.00 bits per heavy atom. The Balaban J connectivity index is 2.18. The van der Waals surface area contributed by atoms with Crippen molar-refractivity contribution in [1.29, 1.82) is 0 Å². The van der Waals surface area contributed by atoms with E-state index in [0.29, 0.717) is 35.9 Å². The molecule has 6 heteroatoms. The Bertz CT molecular complexity index is 905. The number of carbonyl (C=O) groups excluding carboxylic acids is 2. The molecule has 1 N–H and O–H groups in total. The largest absolute Gasteiger partial charge is 0.357 e. The third kappa shape index (κ3) is 6.98. The van der Waals surface area contributed by atoms with Gasteiger partial charge in [-0.1, -0.05) is 81.2 Å². The standard InChI is InChI=1S/C25H32Cl2N2O2/c1-6-22(24(31)28-5)29(16-18-9-13-20(26)21(27)15-18)23(30)14-10-17-7-11-19(12-8-17)25(2,3)4/h7-9,11-13,15,22H,6,10,14,16H2,1-5H3,(H,28,31)/t22-/m0/s1. The fourth-order valence-electron chi connectivity index (χ4n) is 3.49. The van der Waals surface area contributed by atoms with Crippen molar-refractivity contribution in [3.05, 3.63) is 69.2 Å². The third-order valence-corrected chi connectivity index (χ3v) is 6.16. The van der Waals surface area contributed by atoms with Crippen LogP contribution in [0.4, 0.5) is 0 Å². The van der Waals surface area contributed by atoms with Crippen LogP contribution >= 0.6 is 23.2 Å². The number of carbonyl (C=O) groups is 2. The zero-order chi connectivity index (χ0) is 23.2. The highest BCUT2D eigenvalue weighted by Gasteiger charge is 2.28. The summed E-state index contributed by atoms with van der Waals surface area (Å²) >= 11 is 12.2. The van der Waals surface area contributed by atoms with E-state index < -0.39 is 6.04 Å². The third-order valence-electron chi connectivity index (χ3n) is 5.42. The molecule has 0 saturated heterocycles. The Hall–Kier alpha value is -2.04. The second kappa shape index (κ2) is 11.0. The summed E-state index contributed by atoms with van der Waals surface area (Å²) in [5.41, 5.74) is 3.28. The molecule has 2 aromatic carbocycles. The van der Waals surface area contributed by atoms with E-state index in [1.165, 1.54) is 5.56 Å². The van der Waals surface area contributed by atoms with Gasteiger partial charge in [-0.05, 0) is 47.1 Å². The van der Waals surface area contributed by atoms with Crippen LogP contribution in [0.2, 0.25) is 10.0 Å². The first-order valence-electron chi connectivity index (χ1n) is 10.6. The van der Waals surface area contributed by atoms with Gasteiger partial charge in [0, 0.05) is 20.0 Å². The predicted molar refractivity (Wildman–Crippen MR) is 129 cm³/mol. The number of hydrogen-bond donors (Lipinski definition) is 1. The SMILES string of the molecule is CC[C@@H](C(=O)NC)N(Cc1ccc(Cl)c(Cl)c1)C(=O)CCc1ccc(C(C)(C)C)cc1. The van der Waals surface area contributed by atoms with Crippen LogP contribution in [0.1, 0.15) is 57.2 Å². The monoisotopic (exact) mass is 462 g/mol. The smallest absolute Gasteiger partial charge is 0.242 e. The highest BCUT2D eigenvalue weighted by Crippen LogP contribution is 2.25. The van der Waals surface area contributed by atoms with E-state index in [1.807, 2.05) is 13.0 Å². The molecule has 0 aromatic heterocycles. The lowest BCUT2D eigenvalue weighted by Gasteiger charge is -2.30. The summed E-state index contributed by atoms with van der Waals surface area (Å²) in [6, 6.07) is 13.1. The average Bonchev–Trinajstić information content (AvgIpc) is 2.73. The summed E-state index contributed by atoms with van der Waals surface area (Å²) in [4.78, 5) is 27.3. The average molecular weight is 463 g/mol. The highest BCUT2D eigenvalue weighted by atomic mass is 35.5. The highest BCUT2D eigenvalue weighted by molar-refractivity contribution is 6.42. The molecule has 2 rings (SSSR count). The minimum absolute atomic E-state index is 0.0681. The first-order chi connectivity index (χ1) is 14.6. The first-order valence-corrected chi connectivity index (χ1v) is 11.4. The van der Waals surface area contributed by atoms with Gasteiger partial charge < -0.3 is 10.2 Å².